The van der Waals surface area contributed by atoms with E-state index in [2.05, 4.69) is 0 Å². The van der Waals surface area contributed by atoms with E-state index >= 15 is 0 Å². The topological polar surface area (TPSA) is 20.2 Å². The van der Waals surface area contributed by atoms with Crippen LogP contribution in [0.25, 0.3) is 0 Å². The largest absolute Gasteiger partial charge is 0.396 e. The van der Waals surface area contributed by atoms with Gasteiger partial charge in [-0.25, -0.2) is 0 Å². The van der Waals surface area contributed by atoms with Gasteiger partial charge < -0.3 is 5.11 Å². The lowest BCUT2D eigenvalue weighted by atomic mass is 9.91. The second kappa shape index (κ2) is 5.90. The first-order chi connectivity index (χ1) is 5.43. The van der Waals surface area contributed by atoms with Crippen LogP contribution >= 0.6 is 11.8 Å². The normalized spacial score (nSPS) is 20.5. The molecule has 0 aromatic carbocycles. The number of hydrogen-bond acceptors (Lipinski definition) is 2. The molecule has 0 aromatic rings. The zero-order valence-electron chi connectivity index (χ0n) is 7.09. The van der Waals surface area contributed by atoms with Gasteiger partial charge in [-0.3, -0.25) is 0 Å². The smallest absolute Gasteiger partial charge is 0.0521 e. The fraction of sp³-hybridized carbons (Fsp3) is 1.00. The first kappa shape index (κ1) is 9.40. The number of rotatable bonds is 4. The minimum atomic E-state index is 0.345. The molecule has 1 aliphatic rings. The Bertz CT molecular complexity index is 89.6. The van der Waals surface area contributed by atoms with Crippen molar-refractivity contribution in [2.45, 2.75) is 32.1 Å². The number of hydrogen-bond donors (Lipinski definition) is 1. The van der Waals surface area contributed by atoms with Crippen molar-refractivity contribution in [1.82, 2.24) is 0 Å². The molecule has 1 saturated carbocycles. The molecular formula is C9H18OS. The second-order valence-electron chi connectivity index (χ2n) is 3.30. The van der Waals surface area contributed by atoms with Gasteiger partial charge in [0.15, 0.2) is 0 Å². The van der Waals surface area contributed by atoms with Gasteiger partial charge in [0.25, 0.3) is 0 Å². The SMILES string of the molecule is OCCSCC1CCCCC1. The molecule has 0 unspecified atom stereocenters. The molecule has 0 saturated heterocycles. The van der Waals surface area contributed by atoms with Crippen LogP contribution in [0.15, 0.2) is 0 Å². The molecule has 2 heteroatoms. The Hall–Kier alpha value is 0.310. The zero-order valence-corrected chi connectivity index (χ0v) is 7.91. The van der Waals surface area contributed by atoms with Crippen LogP contribution in [0.5, 0.6) is 0 Å². The summed E-state index contributed by atoms with van der Waals surface area (Å²) in [7, 11) is 0. The van der Waals surface area contributed by atoms with E-state index in [1.807, 2.05) is 11.8 Å². The fourth-order valence-corrected chi connectivity index (χ4v) is 2.63. The van der Waals surface area contributed by atoms with Crippen molar-refractivity contribution in [3.8, 4) is 0 Å². The molecule has 66 valence electrons. The van der Waals surface area contributed by atoms with Gasteiger partial charge in [0.1, 0.15) is 0 Å². The van der Waals surface area contributed by atoms with Crippen LogP contribution in [0, 0.1) is 5.92 Å². The van der Waals surface area contributed by atoms with E-state index in [1.54, 1.807) is 0 Å². The lowest BCUT2D eigenvalue weighted by Gasteiger charge is -2.20. The Morgan fingerprint density at radius 3 is 2.55 bits per heavy atom. The lowest BCUT2D eigenvalue weighted by Crippen LogP contribution is -2.09. The van der Waals surface area contributed by atoms with Crippen LogP contribution in [-0.2, 0) is 0 Å². The molecule has 0 aliphatic heterocycles. The maximum Gasteiger partial charge on any atom is 0.0521 e. The van der Waals surface area contributed by atoms with E-state index in [1.165, 1.54) is 37.9 Å². The highest BCUT2D eigenvalue weighted by Gasteiger charge is 2.12. The van der Waals surface area contributed by atoms with E-state index in [0.717, 1.165) is 11.7 Å². The number of aliphatic hydroxyl groups is 1. The highest BCUT2D eigenvalue weighted by molar-refractivity contribution is 7.99. The quantitative estimate of drug-likeness (QED) is 0.660. The highest BCUT2D eigenvalue weighted by atomic mass is 32.2. The van der Waals surface area contributed by atoms with Gasteiger partial charge in [-0.1, -0.05) is 19.3 Å². The van der Waals surface area contributed by atoms with Crippen LogP contribution in [0.4, 0.5) is 0 Å². The van der Waals surface area contributed by atoms with Crippen LogP contribution in [0.3, 0.4) is 0 Å². The maximum absolute atomic E-state index is 8.57. The van der Waals surface area contributed by atoms with E-state index in [0.29, 0.717) is 6.61 Å². The minimum Gasteiger partial charge on any atom is -0.396 e. The van der Waals surface area contributed by atoms with Gasteiger partial charge in [-0.05, 0) is 24.5 Å². The Morgan fingerprint density at radius 2 is 1.91 bits per heavy atom. The summed E-state index contributed by atoms with van der Waals surface area (Å²) in [5.41, 5.74) is 0. The van der Waals surface area contributed by atoms with Crippen molar-refractivity contribution in [1.29, 1.82) is 0 Å². The van der Waals surface area contributed by atoms with E-state index in [4.69, 9.17) is 5.11 Å². The van der Waals surface area contributed by atoms with Crippen LogP contribution < -0.4 is 0 Å². The standard InChI is InChI=1S/C9H18OS/c10-6-7-11-8-9-4-2-1-3-5-9/h9-10H,1-8H2. The molecular weight excluding hydrogens is 156 g/mol. The Labute approximate surface area is 73.6 Å². The molecule has 1 fully saturated rings. The summed E-state index contributed by atoms with van der Waals surface area (Å²) in [6.07, 6.45) is 7.17. The third-order valence-electron chi connectivity index (χ3n) is 2.31. The molecule has 1 nitrogen and oxygen atoms in total. The van der Waals surface area contributed by atoms with Crippen molar-refractivity contribution in [2.75, 3.05) is 18.1 Å². The second-order valence-corrected chi connectivity index (χ2v) is 4.45. The summed E-state index contributed by atoms with van der Waals surface area (Å²) < 4.78 is 0. The maximum atomic E-state index is 8.57. The average molecular weight is 174 g/mol. The molecule has 0 spiro atoms. The van der Waals surface area contributed by atoms with Crippen molar-refractivity contribution in [3.05, 3.63) is 0 Å². The van der Waals surface area contributed by atoms with Gasteiger partial charge in [-0.2, -0.15) is 11.8 Å². The molecule has 11 heavy (non-hydrogen) atoms. The Morgan fingerprint density at radius 1 is 1.18 bits per heavy atom. The highest BCUT2D eigenvalue weighted by Crippen LogP contribution is 2.26. The van der Waals surface area contributed by atoms with Crippen LogP contribution in [0.2, 0.25) is 0 Å². The van der Waals surface area contributed by atoms with Crippen LogP contribution in [0.1, 0.15) is 32.1 Å². The first-order valence-electron chi connectivity index (χ1n) is 4.62. The number of aliphatic hydroxyl groups excluding tert-OH is 1. The summed E-state index contributed by atoms with van der Waals surface area (Å²) in [6.45, 7) is 0.345. The molecule has 0 bridgehead atoms. The molecule has 1 rings (SSSR count). The predicted molar refractivity (Wildman–Crippen MR) is 51.0 cm³/mol. The first-order valence-corrected chi connectivity index (χ1v) is 5.77. The summed E-state index contributed by atoms with van der Waals surface area (Å²) in [5, 5.41) is 8.57. The molecule has 0 amide bonds. The predicted octanol–water partition coefficient (Wildman–Crippen LogP) is 2.29. The van der Waals surface area contributed by atoms with Gasteiger partial charge in [-0.15, -0.1) is 0 Å². The summed E-state index contributed by atoms with van der Waals surface area (Å²) >= 11 is 1.91. The minimum absolute atomic E-state index is 0.345. The Kier molecular flexibility index (Phi) is 5.04. The fourth-order valence-electron chi connectivity index (χ4n) is 1.67. The summed E-state index contributed by atoms with van der Waals surface area (Å²) in [4.78, 5) is 0. The van der Waals surface area contributed by atoms with Gasteiger partial charge in [0.05, 0.1) is 6.61 Å². The third-order valence-corrected chi connectivity index (χ3v) is 3.49. The van der Waals surface area contributed by atoms with Gasteiger partial charge in [0.2, 0.25) is 0 Å². The monoisotopic (exact) mass is 174 g/mol. The van der Waals surface area contributed by atoms with E-state index in [-0.39, 0.29) is 0 Å². The average Bonchev–Trinajstić information content (AvgIpc) is 2.07. The van der Waals surface area contributed by atoms with E-state index in [9.17, 15) is 0 Å². The zero-order chi connectivity index (χ0) is 7.94. The third kappa shape index (κ3) is 4.02. The van der Waals surface area contributed by atoms with Crippen molar-refractivity contribution in [2.24, 2.45) is 5.92 Å². The van der Waals surface area contributed by atoms with Gasteiger partial charge >= 0.3 is 0 Å². The molecule has 0 heterocycles. The van der Waals surface area contributed by atoms with Crippen molar-refractivity contribution in [3.63, 3.8) is 0 Å². The van der Waals surface area contributed by atoms with E-state index < -0.39 is 0 Å². The molecule has 1 aliphatic carbocycles. The summed E-state index contributed by atoms with van der Waals surface area (Å²) in [5.74, 6) is 3.16. The molecule has 0 atom stereocenters. The Balaban J connectivity index is 1.96. The van der Waals surface area contributed by atoms with Gasteiger partial charge in [0, 0.05) is 5.75 Å². The van der Waals surface area contributed by atoms with Crippen molar-refractivity contribution >= 4 is 11.8 Å². The van der Waals surface area contributed by atoms with Crippen molar-refractivity contribution < 1.29 is 5.11 Å². The summed E-state index contributed by atoms with van der Waals surface area (Å²) in [6, 6.07) is 0. The molecule has 1 N–H and O–H groups in total. The van der Waals surface area contributed by atoms with Crippen LogP contribution in [-0.4, -0.2) is 23.2 Å². The lowest BCUT2D eigenvalue weighted by molar-refractivity contribution is 0.322. The molecule has 0 radical (unpaired) electrons. The number of thioether (sulfide) groups is 1. The molecule has 0 aromatic heterocycles.